The first-order chi connectivity index (χ1) is 14.1. The predicted molar refractivity (Wildman–Crippen MR) is 112 cm³/mol. The van der Waals surface area contributed by atoms with Gasteiger partial charge >= 0.3 is 5.97 Å². The van der Waals surface area contributed by atoms with Crippen LogP contribution < -0.4 is 4.90 Å². The van der Waals surface area contributed by atoms with E-state index in [9.17, 15) is 19.2 Å². The van der Waals surface area contributed by atoms with Gasteiger partial charge in [-0.1, -0.05) is 41.4 Å². The Morgan fingerprint density at radius 2 is 1.97 bits per heavy atom. The SMILES string of the molecule is CC(=O)OCc1c(Cl)ccc(N(C)C(=O)CN2C(=O)C3=CCC=CC3(C)C2=O)c1Cl. The molecule has 1 aliphatic heterocycles. The highest BCUT2D eigenvalue weighted by atomic mass is 35.5. The number of likely N-dealkylation sites (N-methyl/N-ethyl adjacent to an activating group) is 1. The minimum Gasteiger partial charge on any atom is -0.461 e. The summed E-state index contributed by atoms with van der Waals surface area (Å²) in [7, 11) is 1.48. The first-order valence-electron chi connectivity index (χ1n) is 9.19. The lowest BCUT2D eigenvalue weighted by Crippen LogP contribution is -2.42. The van der Waals surface area contributed by atoms with Crippen LogP contribution in [0, 0.1) is 5.41 Å². The van der Waals surface area contributed by atoms with Gasteiger partial charge in [0.1, 0.15) is 13.2 Å². The number of hydrogen-bond acceptors (Lipinski definition) is 5. The fourth-order valence-electron chi connectivity index (χ4n) is 3.48. The van der Waals surface area contributed by atoms with Crippen molar-refractivity contribution in [2.24, 2.45) is 5.41 Å². The molecular weight excluding hydrogens is 431 g/mol. The number of allylic oxidation sites excluding steroid dienone is 2. The van der Waals surface area contributed by atoms with Crippen LogP contribution in [-0.2, 0) is 30.5 Å². The van der Waals surface area contributed by atoms with Crippen molar-refractivity contribution in [2.45, 2.75) is 26.9 Å². The largest absolute Gasteiger partial charge is 0.461 e. The minimum absolute atomic E-state index is 0.143. The Hall–Kier alpha value is -2.64. The van der Waals surface area contributed by atoms with E-state index in [1.807, 2.05) is 6.08 Å². The molecule has 3 rings (SSSR count). The van der Waals surface area contributed by atoms with Crippen molar-refractivity contribution in [3.8, 4) is 0 Å². The Bertz CT molecular complexity index is 1020. The van der Waals surface area contributed by atoms with Crippen LogP contribution in [-0.4, -0.2) is 42.2 Å². The molecule has 1 aromatic rings. The number of carbonyl (C=O) groups is 4. The minimum atomic E-state index is -1.04. The van der Waals surface area contributed by atoms with Crippen molar-refractivity contribution in [3.05, 3.63) is 51.5 Å². The highest BCUT2D eigenvalue weighted by molar-refractivity contribution is 6.38. The first-order valence-corrected chi connectivity index (χ1v) is 9.95. The number of rotatable bonds is 5. The lowest BCUT2D eigenvalue weighted by atomic mass is 9.80. The van der Waals surface area contributed by atoms with Gasteiger partial charge in [-0.2, -0.15) is 0 Å². The van der Waals surface area contributed by atoms with Gasteiger partial charge in [-0.15, -0.1) is 0 Å². The molecule has 1 heterocycles. The number of likely N-dealkylation sites (tertiary alicyclic amines) is 1. The van der Waals surface area contributed by atoms with E-state index in [0.717, 1.165) is 4.90 Å². The monoisotopic (exact) mass is 450 g/mol. The lowest BCUT2D eigenvalue weighted by Gasteiger charge is -2.24. The van der Waals surface area contributed by atoms with E-state index in [0.29, 0.717) is 23.2 Å². The van der Waals surface area contributed by atoms with Gasteiger partial charge in [0.15, 0.2) is 0 Å². The quantitative estimate of drug-likeness (QED) is 0.390. The van der Waals surface area contributed by atoms with Crippen LogP contribution in [0.25, 0.3) is 0 Å². The van der Waals surface area contributed by atoms with Crippen molar-refractivity contribution >= 4 is 52.6 Å². The third-order valence-electron chi connectivity index (χ3n) is 5.25. The lowest BCUT2D eigenvalue weighted by molar-refractivity contribution is -0.143. The van der Waals surface area contributed by atoms with E-state index in [1.54, 1.807) is 25.1 Å². The summed E-state index contributed by atoms with van der Waals surface area (Å²) in [5, 5.41) is 0.427. The molecule has 1 atom stereocenters. The number of imide groups is 1. The molecule has 1 aliphatic carbocycles. The molecule has 0 spiro atoms. The summed E-state index contributed by atoms with van der Waals surface area (Å²) in [4.78, 5) is 51.7. The van der Waals surface area contributed by atoms with Crippen molar-refractivity contribution in [3.63, 3.8) is 0 Å². The van der Waals surface area contributed by atoms with Crippen LogP contribution in [0.5, 0.6) is 0 Å². The topological polar surface area (TPSA) is 84.0 Å². The van der Waals surface area contributed by atoms with Gasteiger partial charge in [0.25, 0.3) is 5.91 Å². The van der Waals surface area contributed by atoms with Crippen LogP contribution >= 0.6 is 23.2 Å². The smallest absolute Gasteiger partial charge is 0.302 e. The molecule has 3 amide bonds. The fraction of sp³-hybridized carbons (Fsp3) is 0.333. The van der Waals surface area contributed by atoms with Gasteiger partial charge < -0.3 is 9.64 Å². The number of esters is 1. The van der Waals surface area contributed by atoms with Crippen molar-refractivity contribution in [1.29, 1.82) is 0 Å². The van der Waals surface area contributed by atoms with E-state index < -0.39 is 35.7 Å². The molecule has 9 heteroatoms. The average molecular weight is 451 g/mol. The third kappa shape index (κ3) is 3.75. The van der Waals surface area contributed by atoms with Gasteiger partial charge in [0.05, 0.1) is 16.1 Å². The van der Waals surface area contributed by atoms with Gasteiger partial charge in [-0.05, 0) is 25.5 Å². The molecule has 158 valence electrons. The molecule has 2 aliphatic rings. The van der Waals surface area contributed by atoms with E-state index in [-0.39, 0.29) is 16.7 Å². The van der Waals surface area contributed by atoms with Gasteiger partial charge in [-0.3, -0.25) is 24.1 Å². The summed E-state index contributed by atoms with van der Waals surface area (Å²) >= 11 is 12.5. The maximum absolute atomic E-state index is 12.9. The fourth-order valence-corrected chi connectivity index (χ4v) is 4.08. The van der Waals surface area contributed by atoms with Crippen LogP contribution in [0.1, 0.15) is 25.8 Å². The number of amides is 3. The number of halogens is 2. The molecule has 7 nitrogen and oxygen atoms in total. The van der Waals surface area contributed by atoms with E-state index >= 15 is 0 Å². The third-order valence-corrected chi connectivity index (χ3v) is 6.02. The number of nitrogens with zero attached hydrogens (tertiary/aromatic N) is 2. The Morgan fingerprint density at radius 1 is 1.27 bits per heavy atom. The zero-order chi connectivity index (χ0) is 22.2. The molecule has 1 unspecified atom stereocenters. The van der Waals surface area contributed by atoms with Gasteiger partial charge in [-0.25, -0.2) is 0 Å². The number of ether oxygens (including phenoxy) is 1. The number of carbonyl (C=O) groups excluding carboxylic acids is 4. The summed E-state index contributed by atoms with van der Waals surface area (Å²) in [5.74, 6) is -1.91. The zero-order valence-corrected chi connectivity index (χ0v) is 18.2. The zero-order valence-electron chi connectivity index (χ0n) is 16.7. The Labute approximate surface area is 183 Å². The summed E-state index contributed by atoms with van der Waals surface area (Å²) in [6.07, 6.45) is 5.81. The summed E-state index contributed by atoms with van der Waals surface area (Å²) < 4.78 is 4.96. The average Bonchev–Trinajstić information content (AvgIpc) is 2.88. The van der Waals surface area contributed by atoms with Crippen LogP contribution in [0.3, 0.4) is 0 Å². The van der Waals surface area contributed by atoms with Crippen LogP contribution in [0.15, 0.2) is 35.9 Å². The Morgan fingerprint density at radius 3 is 2.60 bits per heavy atom. The number of fused-ring (bicyclic) bond motifs is 1. The molecule has 0 radical (unpaired) electrons. The molecule has 1 fully saturated rings. The Kier molecular flexibility index (Phi) is 6.06. The predicted octanol–water partition coefficient (Wildman–Crippen LogP) is 3.28. The van der Waals surface area contributed by atoms with Gasteiger partial charge in [0.2, 0.25) is 11.8 Å². The molecule has 30 heavy (non-hydrogen) atoms. The van der Waals surface area contributed by atoms with E-state index in [4.69, 9.17) is 27.9 Å². The number of benzene rings is 1. The number of anilines is 1. The normalized spacial score (nSPS) is 20.2. The molecule has 1 aromatic carbocycles. The van der Waals surface area contributed by atoms with E-state index in [1.165, 1.54) is 24.9 Å². The molecule has 0 bridgehead atoms. The van der Waals surface area contributed by atoms with E-state index in [2.05, 4.69) is 0 Å². The maximum Gasteiger partial charge on any atom is 0.302 e. The summed E-state index contributed by atoms with van der Waals surface area (Å²) in [5.41, 5.74) is 0.0186. The molecule has 0 aromatic heterocycles. The standard InChI is InChI=1S/C21H20Cl2N2O5/c1-12(26)30-11-13-15(22)7-8-16(18(13)23)24(3)17(27)10-25-19(28)14-6-4-5-9-21(14,2)20(25)29/h5-9H,4,10-11H2,1-3H3. The molecule has 0 N–H and O–H groups in total. The molecule has 0 saturated carbocycles. The van der Waals surface area contributed by atoms with Crippen LogP contribution in [0.4, 0.5) is 5.69 Å². The second kappa shape index (κ2) is 8.24. The van der Waals surface area contributed by atoms with Crippen LogP contribution in [0.2, 0.25) is 10.0 Å². The second-order valence-electron chi connectivity index (χ2n) is 7.25. The highest BCUT2D eigenvalue weighted by Gasteiger charge is 2.52. The van der Waals surface area contributed by atoms with Crippen molar-refractivity contribution in [1.82, 2.24) is 4.90 Å². The first kappa shape index (κ1) is 22.1. The summed E-state index contributed by atoms with van der Waals surface area (Å²) in [6, 6.07) is 3.07. The van der Waals surface area contributed by atoms with Crippen molar-refractivity contribution < 1.29 is 23.9 Å². The second-order valence-corrected chi connectivity index (χ2v) is 8.03. The maximum atomic E-state index is 12.9. The molecular formula is C21H20Cl2N2O5. The highest BCUT2D eigenvalue weighted by Crippen LogP contribution is 2.41. The van der Waals surface area contributed by atoms with Gasteiger partial charge in [0, 0.05) is 30.1 Å². The number of hydrogen-bond donors (Lipinski definition) is 0. The van der Waals surface area contributed by atoms with Crippen molar-refractivity contribution in [2.75, 3.05) is 18.5 Å². The summed E-state index contributed by atoms with van der Waals surface area (Å²) in [6.45, 7) is 2.35. The molecule has 1 saturated heterocycles. The Balaban J connectivity index is 1.82.